The van der Waals surface area contributed by atoms with Crippen LogP contribution in [0, 0.1) is 3.57 Å². The second-order valence-corrected chi connectivity index (χ2v) is 6.58. The van der Waals surface area contributed by atoms with Crippen molar-refractivity contribution in [1.82, 2.24) is 0 Å². The van der Waals surface area contributed by atoms with Gasteiger partial charge in [-0.1, -0.05) is 24.3 Å². The fourth-order valence-corrected chi connectivity index (χ4v) is 3.29. The molecule has 1 atom stereocenters. The summed E-state index contributed by atoms with van der Waals surface area (Å²) < 4.78 is 13.4. The van der Waals surface area contributed by atoms with Crippen molar-refractivity contribution in [3.63, 3.8) is 0 Å². The molecule has 1 unspecified atom stereocenters. The van der Waals surface area contributed by atoms with Crippen molar-refractivity contribution in [2.45, 2.75) is 10.6 Å². The first-order chi connectivity index (χ1) is 9.08. The van der Waals surface area contributed by atoms with Crippen molar-refractivity contribution in [2.75, 3.05) is 0 Å². The van der Waals surface area contributed by atoms with Crippen LogP contribution in [0.15, 0.2) is 53.4 Å². The van der Waals surface area contributed by atoms with Gasteiger partial charge in [-0.25, -0.2) is 4.79 Å². The van der Waals surface area contributed by atoms with Crippen LogP contribution >= 0.6 is 22.6 Å². The average Bonchev–Trinajstić information content (AvgIpc) is 2.41. The predicted octanol–water partition coefficient (Wildman–Crippen LogP) is 3.30. The van der Waals surface area contributed by atoms with Gasteiger partial charge in [0, 0.05) is 3.57 Å². The smallest absolute Gasteiger partial charge is 0.336 e. The minimum absolute atomic E-state index is 0.103. The van der Waals surface area contributed by atoms with Crippen LogP contribution in [0.3, 0.4) is 0 Å². The molecule has 2 aromatic rings. The van der Waals surface area contributed by atoms with Gasteiger partial charge < -0.3 is 5.11 Å². The Balaban J connectivity index is 2.25. The lowest BCUT2D eigenvalue weighted by atomic mass is 10.2. The van der Waals surface area contributed by atoms with E-state index in [0.29, 0.717) is 10.6 Å². The Hall–Kier alpha value is -1.21. The molecule has 3 nitrogen and oxygen atoms in total. The molecular formula is C14H11IO3S. The number of aromatic carboxylic acids is 1. The fourth-order valence-electron chi connectivity index (χ4n) is 1.65. The van der Waals surface area contributed by atoms with Crippen molar-refractivity contribution < 1.29 is 14.1 Å². The number of benzene rings is 2. The van der Waals surface area contributed by atoms with Gasteiger partial charge in [0.15, 0.2) is 0 Å². The zero-order valence-electron chi connectivity index (χ0n) is 9.88. The summed E-state index contributed by atoms with van der Waals surface area (Å²) >= 11 is 2.20. The monoisotopic (exact) mass is 386 g/mol. The third-order valence-corrected chi connectivity index (χ3v) is 4.74. The Labute approximate surface area is 127 Å². The number of halogens is 1. The molecule has 2 aromatic carbocycles. The second-order valence-electron chi connectivity index (χ2n) is 3.92. The van der Waals surface area contributed by atoms with E-state index in [1.54, 1.807) is 18.2 Å². The van der Waals surface area contributed by atoms with Crippen LogP contribution in [-0.2, 0) is 16.6 Å². The van der Waals surface area contributed by atoms with Crippen molar-refractivity contribution in [3.05, 3.63) is 63.2 Å². The summed E-state index contributed by atoms with van der Waals surface area (Å²) in [6, 6.07) is 14.1. The van der Waals surface area contributed by atoms with Crippen molar-refractivity contribution in [3.8, 4) is 0 Å². The van der Waals surface area contributed by atoms with E-state index in [2.05, 4.69) is 22.6 Å². The normalized spacial score (nSPS) is 12.1. The highest BCUT2D eigenvalue weighted by Crippen LogP contribution is 2.18. The number of hydrogen-bond acceptors (Lipinski definition) is 2. The lowest BCUT2D eigenvalue weighted by Gasteiger charge is -2.06. The van der Waals surface area contributed by atoms with E-state index in [9.17, 15) is 9.00 Å². The molecule has 1 N–H and O–H groups in total. The van der Waals surface area contributed by atoms with E-state index in [1.165, 1.54) is 6.07 Å². The van der Waals surface area contributed by atoms with Gasteiger partial charge >= 0.3 is 5.97 Å². The molecule has 0 radical (unpaired) electrons. The molecule has 0 aromatic heterocycles. The minimum Gasteiger partial charge on any atom is -0.478 e. The zero-order chi connectivity index (χ0) is 13.8. The average molecular weight is 386 g/mol. The fraction of sp³-hybridized carbons (Fsp3) is 0.0714. The highest BCUT2D eigenvalue weighted by molar-refractivity contribution is 14.1. The molecule has 0 saturated carbocycles. The third kappa shape index (κ3) is 3.63. The molecule has 19 heavy (non-hydrogen) atoms. The first kappa shape index (κ1) is 14.2. The van der Waals surface area contributed by atoms with Crippen LogP contribution in [0.4, 0.5) is 0 Å². The van der Waals surface area contributed by atoms with Gasteiger partial charge in [0.2, 0.25) is 0 Å². The Kier molecular flexibility index (Phi) is 4.71. The van der Waals surface area contributed by atoms with E-state index in [-0.39, 0.29) is 5.56 Å². The molecule has 0 saturated heterocycles. The summed E-state index contributed by atoms with van der Waals surface area (Å²) in [6.45, 7) is 0. The molecule has 0 aliphatic carbocycles. The summed E-state index contributed by atoms with van der Waals surface area (Å²) in [7, 11) is -1.36. The van der Waals surface area contributed by atoms with E-state index >= 15 is 0 Å². The topological polar surface area (TPSA) is 54.4 Å². The third-order valence-electron chi connectivity index (χ3n) is 2.57. The molecule has 0 amide bonds. The number of rotatable bonds is 4. The second kappa shape index (κ2) is 6.29. The summed E-state index contributed by atoms with van der Waals surface area (Å²) in [5.41, 5.74) is 1.03. The minimum atomic E-state index is -1.36. The van der Waals surface area contributed by atoms with Crippen LogP contribution in [-0.4, -0.2) is 15.3 Å². The van der Waals surface area contributed by atoms with Gasteiger partial charge in [0.25, 0.3) is 0 Å². The molecule has 5 heteroatoms. The number of hydrogen-bond donors (Lipinski definition) is 1. The molecule has 0 heterocycles. The van der Waals surface area contributed by atoms with Crippen molar-refractivity contribution in [2.24, 2.45) is 0 Å². The van der Waals surface area contributed by atoms with E-state index in [0.717, 1.165) is 9.13 Å². The first-order valence-corrected chi connectivity index (χ1v) is 7.93. The van der Waals surface area contributed by atoms with Crippen LogP contribution in [0.1, 0.15) is 15.9 Å². The lowest BCUT2D eigenvalue weighted by molar-refractivity contribution is 0.0693. The number of carbonyl (C=O) groups is 1. The summed E-state index contributed by atoms with van der Waals surface area (Å²) in [4.78, 5) is 11.5. The maximum atomic E-state index is 12.3. The lowest BCUT2D eigenvalue weighted by Crippen LogP contribution is -2.05. The molecule has 0 bridgehead atoms. The molecule has 2 rings (SSSR count). The van der Waals surface area contributed by atoms with Gasteiger partial charge in [0.05, 0.1) is 27.0 Å². The Morgan fingerprint density at radius 1 is 1.11 bits per heavy atom. The highest BCUT2D eigenvalue weighted by atomic mass is 127. The standard InChI is InChI=1S/C14H11IO3S/c15-11-7-5-10(6-8-11)9-19(18)13-4-2-1-3-12(13)14(16)17/h1-8H,9H2,(H,16,17). The van der Waals surface area contributed by atoms with Crippen molar-refractivity contribution in [1.29, 1.82) is 0 Å². The SMILES string of the molecule is O=C(O)c1ccccc1S(=O)Cc1ccc(I)cc1. The van der Waals surface area contributed by atoms with E-state index in [4.69, 9.17) is 5.11 Å². The summed E-state index contributed by atoms with van der Waals surface area (Å²) in [5.74, 6) is -0.729. The largest absolute Gasteiger partial charge is 0.478 e. The summed E-state index contributed by atoms with van der Waals surface area (Å²) in [6.07, 6.45) is 0. The van der Waals surface area contributed by atoms with Gasteiger partial charge in [-0.2, -0.15) is 0 Å². The van der Waals surface area contributed by atoms with Gasteiger partial charge in [0.1, 0.15) is 0 Å². The first-order valence-electron chi connectivity index (χ1n) is 5.53. The Morgan fingerprint density at radius 2 is 1.74 bits per heavy atom. The zero-order valence-corrected chi connectivity index (χ0v) is 12.8. The molecule has 0 aliphatic rings. The molecular weight excluding hydrogens is 375 g/mol. The highest BCUT2D eigenvalue weighted by Gasteiger charge is 2.14. The maximum absolute atomic E-state index is 12.3. The van der Waals surface area contributed by atoms with Crippen LogP contribution < -0.4 is 0 Å². The quantitative estimate of drug-likeness (QED) is 0.821. The van der Waals surface area contributed by atoms with E-state index < -0.39 is 16.8 Å². The van der Waals surface area contributed by atoms with Gasteiger partial charge in [-0.3, -0.25) is 4.21 Å². The van der Waals surface area contributed by atoms with Crippen LogP contribution in [0.5, 0.6) is 0 Å². The molecule has 98 valence electrons. The number of carboxylic acids is 1. The maximum Gasteiger partial charge on any atom is 0.336 e. The predicted molar refractivity (Wildman–Crippen MR) is 82.7 cm³/mol. The van der Waals surface area contributed by atoms with Crippen LogP contribution in [0.2, 0.25) is 0 Å². The Morgan fingerprint density at radius 3 is 2.37 bits per heavy atom. The Bertz CT molecular complexity index is 623. The molecule has 0 spiro atoms. The molecule has 0 aliphatic heterocycles. The van der Waals surface area contributed by atoms with E-state index in [1.807, 2.05) is 24.3 Å². The van der Waals surface area contributed by atoms with Gasteiger partial charge in [-0.15, -0.1) is 0 Å². The van der Waals surface area contributed by atoms with Gasteiger partial charge in [-0.05, 0) is 52.4 Å². The summed E-state index contributed by atoms with van der Waals surface area (Å²) in [5, 5.41) is 9.08. The van der Waals surface area contributed by atoms with Crippen molar-refractivity contribution >= 4 is 39.4 Å². The number of carboxylic acid groups (broad SMARTS) is 1. The van der Waals surface area contributed by atoms with Crippen LogP contribution in [0.25, 0.3) is 0 Å². The molecule has 0 fully saturated rings.